The standard InChI is InChI=1S/C23H23NO5/c1-14-4-2-3-9-24(14)12-18-19(25)7-5-16-10-17(23(26)29-22(16)18)15-6-8-20-21(11-15)28-13-27-20/h5-8,10-11,14,25H,2-4,9,12-13H2,1H3. The van der Waals surface area contributed by atoms with Crippen LogP contribution in [0.15, 0.2) is 45.6 Å². The third kappa shape index (κ3) is 3.23. The topological polar surface area (TPSA) is 72.1 Å². The molecule has 1 saturated heterocycles. The highest BCUT2D eigenvalue weighted by atomic mass is 16.7. The van der Waals surface area contributed by atoms with Gasteiger partial charge in [-0.05, 0) is 62.2 Å². The normalized spacial score (nSPS) is 19.0. The van der Waals surface area contributed by atoms with Crippen LogP contribution in [-0.4, -0.2) is 29.4 Å². The monoisotopic (exact) mass is 393 g/mol. The van der Waals surface area contributed by atoms with Gasteiger partial charge in [-0.25, -0.2) is 4.79 Å². The van der Waals surface area contributed by atoms with E-state index in [1.165, 1.54) is 6.42 Å². The van der Waals surface area contributed by atoms with Gasteiger partial charge in [-0.3, -0.25) is 4.90 Å². The summed E-state index contributed by atoms with van der Waals surface area (Å²) in [5.41, 5.74) is 1.86. The number of aromatic hydroxyl groups is 1. The molecule has 1 aromatic heterocycles. The number of phenolic OH excluding ortho intramolecular Hbond substituents is 1. The van der Waals surface area contributed by atoms with Gasteiger partial charge in [0.25, 0.3) is 0 Å². The summed E-state index contributed by atoms with van der Waals surface area (Å²) in [6.07, 6.45) is 3.52. The Morgan fingerprint density at radius 3 is 2.83 bits per heavy atom. The second-order valence-corrected chi connectivity index (χ2v) is 7.81. The van der Waals surface area contributed by atoms with Crippen molar-refractivity contribution >= 4 is 11.0 Å². The maximum atomic E-state index is 12.8. The van der Waals surface area contributed by atoms with Gasteiger partial charge >= 0.3 is 5.63 Å². The summed E-state index contributed by atoms with van der Waals surface area (Å²) in [5.74, 6) is 1.45. The smallest absolute Gasteiger partial charge is 0.344 e. The number of ether oxygens (including phenoxy) is 2. The van der Waals surface area contributed by atoms with E-state index in [-0.39, 0.29) is 12.5 Å². The second-order valence-electron chi connectivity index (χ2n) is 7.81. The van der Waals surface area contributed by atoms with Gasteiger partial charge in [-0.1, -0.05) is 12.5 Å². The lowest BCUT2D eigenvalue weighted by Crippen LogP contribution is -2.36. The molecule has 0 spiro atoms. The Balaban J connectivity index is 1.57. The molecule has 0 saturated carbocycles. The van der Waals surface area contributed by atoms with Crippen LogP contribution in [0.5, 0.6) is 17.2 Å². The zero-order valence-electron chi connectivity index (χ0n) is 16.3. The maximum Gasteiger partial charge on any atom is 0.344 e. The molecule has 2 aliphatic heterocycles. The fraction of sp³-hybridized carbons (Fsp3) is 0.348. The van der Waals surface area contributed by atoms with Crippen LogP contribution in [-0.2, 0) is 6.54 Å². The molecule has 1 fully saturated rings. The Labute approximate surface area is 168 Å². The molecular weight excluding hydrogens is 370 g/mol. The van der Waals surface area contributed by atoms with Crippen molar-refractivity contribution in [2.45, 2.75) is 38.8 Å². The molecule has 1 atom stereocenters. The Morgan fingerprint density at radius 1 is 1.10 bits per heavy atom. The lowest BCUT2D eigenvalue weighted by Gasteiger charge is -2.33. The zero-order valence-corrected chi connectivity index (χ0v) is 16.3. The van der Waals surface area contributed by atoms with Crippen LogP contribution in [0.2, 0.25) is 0 Å². The molecule has 6 heteroatoms. The molecule has 0 amide bonds. The van der Waals surface area contributed by atoms with Crippen LogP contribution in [0.4, 0.5) is 0 Å². The van der Waals surface area contributed by atoms with Gasteiger partial charge < -0.3 is 19.0 Å². The van der Waals surface area contributed by atoms with Crippen molar-refractivity contribution in [1.29, 1.82) is 0 Å². The number of hydrogen-bond acceptors (Lipinski definition) is 6. The molecule has 150 valence electrons. The van der Waals surface area contributed by atoms with Gasteiger partial charge in [0.15, 0.2) is 11.5 Å². The van der Waals surface area contributed by atoms with Crippen molar-refractivity contribution in [3.05, 3.63) is 52.4 Å². The minimum absolute atomic E-state index is 0.161. The average Bonchev–Trinajstić information content (AvgIpc) is 3.19. The van der Waals surface area contributed by atoms with Crippen molar-refractivity contribution in [3.8, 4) is 28.4 Å². The van der Waals surface area contributed by atoms with Crippen LogP contribution in [0, 0.1) is 0 Å². The van der Waals surface area contributed by atoms with E-state index in [4.69, 9.17) is 13.9 Å². The minimum Gasteiger partial charge on any atom is -0.507 e. The first-order chi connectivity index (χ1) is 14.1. The number of benzene rings is 2. The largest absolute Gasteiger partial charge is 0.507 e. The van der Waals surface area contributed by atoms with Crippen molar-refractivity contribution in [3.63, 3.8) is 0 Å². The SMILES string of the molecule is CC1CCCCN1Cc1c(O)ccc2cc(-c3ccc4c(c3)OCO4)c(=O)oc12. The lowest BCUT2D eigenvalue weighted by atomic mass is 10.0. The Hall–Kier alpha value is -2.99. The summed E-state index contributed by atoms with van der Waals surface area (Å²) in [6, 6.07) is 11.1. The summed E-state index contributed by atoms with van der Waals surface area (Å²) in [5, 5.41) is 11.3. The summed E-state index contributed by atoms with van der Waals surface area (Å²) in [4.78, 5) is 15.2. The predicted molar refractivity (Wildman–Crippen MR) is 109 cm³/mol. The van der Waals surface area contributed by atoms with Crippen LogP contribution in [0.3, 0.4) is 0 Å². The molecule has 6 nitrogen and oxygen atoms in total. The molecule has 0 bridgehead atoms. The van der Waals surface area contributed by atoms with Crippen molar-refractivity contribution in [2.24, 2.45) is 0 Å². The molecule has 3 aromatic rings. The molecule has 0 radical (unpaired) electrons. The number of likely N-dealkylation sites (tertiary alicyclic amines) is 1. The second kappa shape index (κ2) is 7.12. The van der Waals surface area contributed by atoms with E-state index in [1.54, 1.807) is 24.3 Å². The number of fused-ring (bicyclic) bond motifs is 2. The first-order valence-electron chi connectivity index (χ1n) is 10.0. The molecule has 5 rings (SSSR count). The average molecular weight is 393 g/mol. The lowest BCUT2D eigenvalue weighted by molar-refractivity contribution is 0.151. The Bertz CT molecular complexity index is 1140. The van der Waals surface area contributed by atoms with E-state index < -0.39 is 5.63 Å². The fourth-order valence-corrected chi connectivity index (χ4v) is 4.25. The summed E-state index contributed by atoms with van der Waals surface area (Å²) < 4.78 is 16.5. The van der Waals surface area contributed by atoms with Gasteiger partial charge in [-0.2, -0.15) is 0 Å². The van der Waals surface area contributed by atoms with Crippen molar-refractivity contribution < 1.29 is 19.0 Å². The molecule has 3 heterocycles. The van der Waals surface area contributed by atoms with Crippen LogP contribution in [0.1, 0.15) is 31.7 Å². The predicted octanol–water partition coefficient (Wildman–Crippen LogP) is 4.27. The highest BCUT2D eigenvalue weighted by Crippen LogP contribution is 2.36. The van der Waals surface area contributed by atoms with E-state index in [9.17, 15) is 9.90 Å². The van der Waals surface area contributed by atoms with E-state index in [0.717, 1.165) is 24.8 Å². The Kier molecular flexibility index (Phi) is 4.43. The quantitative estimate of drug-likeness (QED) is 0.670. The molecule has 0 aliphatic carbocycles. The fourth-order valence-electron chi connectivity index (χ4n) is 4.25. The number of piperidine rings is 1. The highest BCUT2D eigenvalue weighted by molar-refractivity contribution is 5.86. The van der Waals surface area contributed by atoms with Crippen molar-refractivity contribution in [1.82, 2.24) is 4.90 Å². The van der Waals surface area contributed by atoms with Gasteiger partial charge in [0, 0.05) is 18.0 Å². The van der Waals surface area contributed by atoms with Gasteiger partial charge in [-0.15, -0.1) is 0 Å². The molecule has 2 aliphatic rings. The summed E-state index contributed by atoms with van der Waals surface area (Å²) in [7, 11) is 0. The first-order valence-corrected chi connectivity index (χ1v) is 10.0. The van der Waals surface area contributed by atoms with E-state index in [0.29, 0.717) is 46.4 Å². The first kappa shape index (κ1) is 18.1. The highest BCUT2D eigenvalue weighted by Gasteiger charge is 2.22. The number of nitrogens with zero attached hydrogens (tertiary/aromatic N) is 1. The third-order valence-electron chi connectivity index (χ3n) is 5.97. The number of rotatable bonds is 3. The molecular formula is C23H23NO5. The molecule has 1 unspecified atom stereocenters. The van der Waals surface area contributed by atoms with E-state index in [2.05, 4.69) is 11.8 Å². The van der Waals surface area contributed by atoms with Crippen LogP contribution in [0.25, 0.3) is 22.1 Å². The van der Waals surface area contributed by atoms with Gasteiger partial charge in [0.05, 0.1) is 11.1 Å². The van der Waals surface area contributed by atoms with E-state index in [1.807, 2.05) is 12.1 Å². The van der Waals surface area contributed by atoms with Gasteiger partial charge in [0.1, 0.15) is 11.3 Å². The number of hydrogen-bond donors (Lipinski definition) is 1. The maximum absolute atomic E-state index is 12.8. The van der Waals surface area contributed by atoms with Gasteiger partial charge in [0.2, 0.25) is 6.79 Å². The van der Waals surface area contributed by atoms with E-state index >= 15 is 0 Å². The summed E-state index contributed by atoms with van der Waals surface area (Å²) >= 11 is 0. The third-order valence-corrected chi connectivity index (χ3v) is 5.97. The molecule has 2 aromatic carbocycles. The van der Waals surface area contributed by atoms with Crippen LogP contribution >= 0.6 is 0 Å². The summed E-state index contributed by atoms with van der Waals surface area (Å²) in [6.45, 7) is 3.94. The minimum atomic E-state index is -0.435. The van der Waals surface area contributed by atoms with Crippen molar-refractivity contribution in [2.75, 3.05) is 13.3 Å². The number of phenols is 1. The molecule has 1 N–H and O–H groups in total. The van der Waals surface area contributed by atoms with Crippen LogP contribution < -0.4 is 15.1 Å². The molecule has 29 heavy (non-hydrogen) atoms. The Morgan fingerprint density at radius 2 is 1.97 bits per heavy atom. The zero-order chi connectivity index (χ0) is 20.0.